The first-order valence-electron chi connectivity index (χ1n) is 15.4. The maximum Gasteiger partial charge on any atom is 0.242 e. The molecule has 1 heterocycles. The largest absolute Gasteiger partial charge is 0.379 e. The summed E-state index contributed by atoms with van der Waals surface area (Å²) in [4.78, 5) is 55.2. The van der Waals surface area contributed by atoms with Crippen LogP contribution < -0.4 is 16.0 Å². The van der Waals surface area contributed by atoms with Crippen molar-refractivity contribution in [3.05, 3.63) is 35.9 Å². The lowest BCUT2D eigenvalue weighted by atomic mass is 9.90. The zero-order valence-corrected chi connectivity index (χ0v) is 27.1. The Morgan fingerprint density at radius 2 is 1.74 bits per heavy atom. The Balaban J connectivity index is 2.08. The van der Waals surface area contributed by atoms with Gasteiger partial charge in [-0.05, 0) is 37.8 Å². The summed E-state index contributed by atoms with van der Waals surface area (Å²) in [6, 6.07) is 9.38. The Hall–Kier alpha value is -3.02. The van der Waals surface area contributed by atoms with E-state index in [1.54, 1.807) is 33.2 Å². The van der Waals surface area contributed by atoms with Gasteiger partial charge in [-0.2, -0.15) is 0 Å². The predicted octanol–water partition coefficient (Wildman–Crippen LogP) is 1.60. The number of carbonyl (C=O) groups is 4. The van der Waals surface area contributed by atoms with Crippen LogP contribution in [0.15, 0.2) is 30.3 Å². The van der Waals surface area contributed by atoms with Crippen LogP contribution in [0.2, 0.25) is 0 Å². The minimum atomic E-state index is -0.551. The minimum Gasteiger partial charge on any atom is -0.379 e. The van der Waals surface area contributed by atoms with Gasteiger partial charge in [0.05, 0.1) is 49.7 Å². The third-order valence-corrected chi connectivity index (χ3v) is 8.63. The summed E-state index contributed by atoms with van der Waals surface area (Å²) in [5.74, 6) is -1.13. The topological polar surface area (TPSA) is 129 Å². The Bertz CT molecular complexity index is 1020. The molecule has 3 N–H and O–H groups in total. The zero-order valence-electron chi connectivity index (χ0n) is 27.1. The summed E-state index contributed by atoms with van der Waals surface area (Å²) < 4.78 is 11.7. The van der Waals surface area contributed by atoms with E-state index in [1.807, 2.05) is 56.0 Å². The zero-order chi connectivity index (χ0) is 31.9. The van der Waals surface area contributed by atoms with Crippen molar-refractivity contribution in [2.45, 2.75) is 77.2 Å². The number of amides is 4. The van der Waals surface area contributed by atoms with Crippen LogP contribution in [-0.2, 0) is 35.1 Å². The first-order valence-corrected chi connectivity index (χ1v) is 15.4. The molecular formula is C32H53N5O6. The highest BCUT2D eigenvalue weighted by molar-refractivity contribution is 5.86. The van der Waals surface area contributed by atoms with Crippen LogP contribution in [-0.4, -0.2) is 112 Å². The standard InChI is InChI=1S/C32H53N5O6/c1-8-22(2)30(36(5)29(40)21-35-27(38)20-33-4)26(42-6)19-28(39)37-18-12-15-25(37)31(43-7)23(3)32(41)34-17-16-24-13-10-9-11-14-24/h9-11,13-14,22-23,25-26,30-31,33H,8,12,15-21H2,1-7H3,(H,34,41)(H,35,38). The van der Waals surface area contributed by atoms with Crippen LogP contribution in [0, 0.1) is 11.8 Å². The molecule has 0 radical (unpaired) electrons. The average Bonchev–Trinajstić information content (AvgIpc) is 3.49. The van der Waals surface area contributed by atoms with Gasteiger partial charge < -0.3 is 35.2 Å². The van der Waals surface area contributed by atoms with Crippen LogP contribution in [0.3, 0.4) is 0 Å². The summed E-state index contributed by atoms with van der Waals surface area (Å²) >= 11 is 0. The maximum absolute atomic E-state index is 13.8. The molecule has 1 aromatic rings. The molecule has 0 aliphatic carbocycles. The number of rotatable bonds is 18. The normalized spacial score (nSPS) is 18.3. The van der Waals surface area contributed by atoms with Gasteiger partial charge in [0.2, 0.25) is 23.6 Å². The molecule has 0 spiro atoms. The van der Waals surface area contributed by atoms with Crippen molar-refractivity contribution >= 4 is 23.6 Å². The molecule has 4 amide bonds. The van der Waals surface area contributed by atoms with Gasteiger partial charge in [-0.25, -0.2) is 0 Å². The van der Waals surface area contributed by atoms with E-state index in [0.717, 1.165) is 31.2 Å². The molecule has 1 aliphatic heterocycles. The second-order valence-electron chi connectivity index (χ2n) is 11.5. The van der Waals surface area contributed by atoms with Gasteiger partial charge in [0.1, 0.15) is 0 Å². The third-order valence-electron chi connectivity index (χ3n) is 8.63. The van der Waals surface area contributed by atoms with Gasteiger partial charge in [0, 0.05) is 34.4 Å². The van der Waals surface area contributed by atoms with Crippen molar-refractivity contribution in [2.75, 3.05) is 54.5 Å². The minimum absolute atomic E-state index is 0.0420. The van der Waals surface area contributed by atoms with Gasteiger partial charge in [-0.15, -0.1) is 0 Å². The molecule has 43 heavy (non-hydrogen) atoms. The van der Waals surface area contributed by atoms with Crippen LogP contribution >= 0.6 is 0 Å². The quantitative estimate of drug-likeness (QED) is 0.233. The molecule has 242 valence electrons. The van der Waals surface area contributed by atoms with E-state index in [2.05, 4.69) is 16.0 Å². The predicted molar refractivity (Wildman–Crippen MR) is 166 cm³/mol. The summed E-state index contributed by atoms with van der Waals surface area (Å²) in [5, 5.41) is 8.41. The molecule has 11 heteroatoms. The van der Waals surface area contributed by atoms with Gasteiger partial charge >= 0.3 is 0 Å². The molecule has 0 saturated carbocycles. The molecule has 1 aromatic carbocycles. The van der Waals surface area contributed by atoms with E-state index >= 15 is 0 Å². The van der Waals surface area contributed by atoms with Crippen molar-refractivity contribution < 1.29 is 28.7 Å². The van der Waals surface area contributed by atoms with Crippen molar-refractivity contribution in [1.29, 1.82) is 0 Å². The molecule has 1 aliphatic rings. The smallest absolute Gasteiger partial charge is 0.242 e. The molecule has 1 saturated heterocycles. The molecule has 11 nitrogen and oxygen atoms in total. The van der Waals surface area contributed by atoms with Gasteiger partial charge in [0.15, 0.2) is 0 Å². The van der Waals surface area contributed by atoms with E-state index in [1.165, 1.54) is 0 Å². The molecule has 6 unspecified atom stereocenters. The highest BCUT2D eigenvalue weighted by Crippen LogP contribution is 2.29. The number of nitrogens with zero attached hydrogens (tertiary/aromatic N) is 2. The summed E-state index contributed by atoms with van der Waals surface area (Å²) in [5.41, 5.74) is 1.15. The van der Waals surface area contributed by atoms with E-state index in [9.17, 15) is 19.2 Å². The fraction of sp³-hybridized carbons (Fsp3) is 0.688. The number of hydrogen-bond donors (Lipinski definition) is 3. The summed E-state index contributed by atoms with van der Waals surface area (Å²) in [6.45, 7) is 6.99. The van der Waals surface area contributed by atoms with Gasteiger partial charge in [-0.3, -0.25) is 19.2 Å². The number of likely N-dealkylation sites (tertiary alicyclic amines) is 1. The van der Waals surface area contributed by atoms with E-state index < -0.39 is 18.1 Å². The van der Waals surface area contributed by atoms with Crippen molar-refractivity contribution in [1.82, 2.24) is 25.8 Å². The van der Waals surface area contributed by atoms with Crippen LogP contribution in [0.4, 0.5) is 0 Å². The molecular weight excluding hydrogens is 550 g/mol. The lowest BCUT2D eigenvalue weighted by molar-refractivity contribution is -0.145. The van der Waals surface area contributed by atoms with Crippen LogP contribution in [0.1, 0.15) is 52.0 Å². The second-order valence-corrected chi connectivity index (χ2v) is 11.5. The van der Waals surface area contributed by atoms with Crippen LogP contribution in [0.25, 0.3) is 0 Å². The maximum atomic E-state index is 13.8. The van der Waals surface area contributed by atoms with Gasteiger partial charge in [-0.1, -0.05) is 57.5 Å². The molecule has 0 bridgehead atoms. The average molecular weight is 604 g/mol. The SMILES string of the molecule is CCC(C)C(C(CC(=O)N1CCCC1C(OC)C(C)C(=O)NCCc1ccccc1)OC)N(C)C(=O)CNC(=O)CNC. The van der Waals surface area contributed by atoms with Crippen molar-refractivity contribution in [3.8, 4) is 0 Å². The summed E-state index contributed by atoms with van der Waals surface area (Å²) in [6.07, 6.45) is 2.14. The number of hydrogen-bond acceptors (Lipinski definition) is 7. The molecule has 0 aromatic heterocycles. The highest BCUT2D eigenvalue weighted by atomic mass is 16.5. The second kappa shape index (κ2) is 18.6. The number of likely N-dealkylation sites (N-methyl/N-ethyl adjacent to an activating group) is 2. The van der Waals surface area contributed by atoms with E-state index in [0.29, 0.717) is 13.1 Å². The Labute approximate surface area is 257 Å². The first-order chi connectivity index (χ1) is 20.6. The molecule has 6 atom stereocenters. The Kier molecular flexibility index (Phi) is 15.6. The summed E-state index contributed by atoms with van der Waals surface area (Å²) in [7, 11) is 6.50. The lowest BCUT2D eigenvalue weighted by Crippen LogP contribution is -2.54. The molecule has 2 rings (SSSR count). The van der Waals surface area contributed by atoms with Crippen molar-refractivity contribution in [2.24, 2.45) is 11.8 Å². The monoisotopic (exact) mass is 603 g/mol. The van der Waals surface area contributed by atoms with Crippen molar-refractivity contribution in [3.63, 3.8) is 0 Å². The number of carbonyl (C=O) groups excluding carboxylic acids is 4. The van der Waals surface area contributed by atoms with E-state index in [4.69, 9.17) is 9.47 Å². The third kappa shape index (κ3) is 10.6. The lowest BCUT2D eigenvalue weighted by Gasteiger charge is -2.39. The molecule has 1 fully saturated rings. The van der Waals surface area contributed by atoms with E-state index in [-0.39, 0.29) is 61.1 Å². The number of benzene rings is 1. The van der Waals surface area contributed by atoms with Gasteiger partial charge in [0.25, 0.3) is 0 Å². The fourth-order valence-electron chi connectivity index (χ4n) is 5.98. The Morgan fingerprint density at radius 1 is 1.05 bits per heavy atom. The van der Waals surface area contributed by atoms with Crippen LogP contribution in [0.5, 0.6) is 0 Å². The first kappa shape index (κ1) is 36.2. The number of nitrogens with one attached hydrogen (secondary N) is 3. The Morgan fingerprint density at radius 3 is 2.35 bits per heavy atom. The highest BCUT2D eigenvalue weighted by Gasteiger charge is 2.41. The fourth-order valence-corrected chi connectivity index (χ4v) is 5.98. The number of ether oxygens (including phenoxy) is 2. The number of methoxy groups -OCH3 is 2.